The minimum Gasteiger partial charge on any atom is -0.487 e. The van der Waals surface area contributed by atoms with E-state index in [1.165, 1.54) is 18.2 Å². The molecule has 38 heavy (non-hydrogen) atoms. The third-order valence-corrected chi connectivity index (χ3v) is 6.69. The van der Waals surface area contributed by atoms with Crippen LogP contribution >= 0.6 is 0 Å². The van der Waals surface area contributed by atoms with Crippen LogP contribution in [0.15, 0.2) is 59.8 Å². The fourth-order valence-electron chi connectivity index (χ4n) is 3.17. The van der Waals surface area contributed by atoms with E-state index in [9.17, 15) is 31.2 Å². The molecule has 206 valence electrons. The number of aldehydes is 1. The van der Waals surface area contributed by atoms with Crippen molar-refractivity contribution in [1.29, 1.82) is 0 Å². The summed E-state index contributed by atoms with van der Waals surface area (Å²) in [6.45, 7) is 3.75. The summed E-state index contributed by atoms with van der Waals surface area (Å²) in [5.74, 6) is -3.95. The molecule has 0 bridgehead atoms. The first-order chi connectivity index (χ1) is 17.7. The smallest absolute Gasteiger partial charge is 0.487 e. The molecule has 3 unspecified atom stereocenters. The van der Waals surface area contributed by atoms with E-state index in [0.29, 0.717) is 0 Å². The number of aromatic nitrogens is 2. The summed E-state index contributed by atoms with van der Waals surface area (Å²) in [7, 11) is -4.20. The van der Waals surface area contributed by atoms with Gasteiger partial charge in [0.15, 0.2) is 0 Å². The molecule has 11 nitrogen and oxygen atoms in total. The van der Waals surface area contributed by atoms with Crippen LogP contribution in [0.2, 0.25) is 0 Å². The van der Waals surface area contributed by atoms with E-state index in [2.05, 4.69) is 9.71 Å². The summed E-state index contributed by atoms with van der Waals surface area (Å²) in [4.78, 5) is 35.1. The maximum absolute atomic E-state index is 12.8. The van der Waals surface area contributed by atoms with Crippen molar-refractivity contribution in [1.82, 2.24) is 14.3 Å². The molecule has 3 aromatic rings. The van der Waals surface area contributed by atoms with Gasteiger partial charge in [0.25, 0.3) is 0 Å². The maximum Gasteiger partial charge on any atom is 0.490 e. The third kappa shape index (κ3) is 8.01. The van der Waals surface area contributed by atoms with Gasteiger partial charge in [-0.25, -0.2) is 22.9 Å². The van der Waals surface area contributed by atoms with Gasteiger partial charge in [0.1, 0.15) is 23.0 Å². The number of hydrogen-bond donors (Lipinski definition) is 3. The topological polar surface area (TPSA) is 165 Å². The summed E-state index contributed by atoms with van der Waals surface area (Å²) in [6.07, 6.45) is -4.22. The molecule has 0 aliphatic rings. The zero-order valence-electron chi connectivity index (χ0n) is 20.0. The Labute approximate surface area is 214 Å². The molecule has 15 heteroatoms. The normalized spacial score (nSPS) is 14.0. The van der Waals surface area contributed by atoms with Crippen molar-refractivity contribution < 1.29 is 50.9 Å². The number of imidazole rings is 1. The van der Waals surface area contributed by atoms with Gasteiger partial charge in [-0.1, -0.05) is 24.3 Å². The standard InChI is InChI=1S/C21H23N3O6S.C2HF3O2/c1-14(24-13-22-17-7-3-4-8-18(17)24)15(2)30-19-9-5-6-10-20(19)31(28,29)23-16(12-25)11-21(26)27;3-2(4,5)1(6)7/h3-10,12-16,23H,11H2,1-2H3,(H,26,27);(H,6,7). The Bertz CT molecular complexity index is 1390. The number of sulfonamides is 1. The van der Waals surface area contributed by atoms with E-state index in [1.807, 2.05) is 42.7 Å². The van der Waals surface area contributed by atoms with Crippen molar-refractivity contribution in [3.05, 3.63) is 54.9 Å². The molecule has 0 aliphatic carbocycles. The van der Waals surface area contributed by atoms with Gasteiger partial charge in [-0.05, 0) is 38.1 Å². The number of nitrogens with one attached hydrogen (secondary N) is 1. The summed E-state index contributed by atoms with van der Waals surface area (Å²) in [5, 5.41) is 16.0. The molecule has 0 amide bonds. The minimum atomic E-state index is -5.08. The lowest BCUT2D eigenvalue weighted by Crippen LogP contribution is -2.38. The number of benzene rings is 2. The summed E-state index contributed by atoms with van der Waals surface area (Å²) in [5.41, 5.74) is 1.77. The first kappa shape index (κ1) is 30.2. The van der Waals surface area contributed by atoms with Crippen LogP contribution < -0.4 is 9.46 Å². The molecule has 1 aromatic heterocycles. The number of para-hydroxylation sites is 3. The van der Waals surface area contributed by atoms with Crippen molar-refractivity contribution in [2.45, 2.75) is 49.5 Å². The second kappa shape index (κ2) is 12.5. The fraction of sp³-hybridized carbons (Fsp3) is 0.304. The van der Waals surface area contributed by atoms with Crippen LogP contribution in [0, 0.1) is 0 Å². The predicted molar refractivity (Wildman–Crippen MR) is 127 cm³/mol. The van der Waals surface area contributed by atoms with E-state index in [1.54, 1.807) is 12.4 Å². The molecule has 3 rings (SSSR count). The zero-order valence-corrected chi connectivity index (χ0v) is 20.8. The Morgan fingerprint density at radius 1 is 1.11 bits per heavy atom. The maximum atomic E-state index is 12.8. The molecule has 2 aromatic carbocycles. The molecule has 0 spiro atoms. The summed E-state index contributed by atoms with van der Waals surface area (Å²) in [6, 6.07) is 12.1. The van der Waals surface area contributed by atoms with Gasteiger partial charge in [-0.2, -0.15) is 13.2 Å². The Balaban J connectivity index is 0.000000638. The molecule has 0 saturated carbocycles. The highest BCUT2D eigenvalue weighted by atomic mass is 32.2. The number of ether oxygens (including phenoxy) is 1. The number of nitrogens with zero attached hydrogens (tertiary/aromatic N) is 2. The number of halogens is 3. The molecular weight excluding hydrogens is 535 g/mol. The van der Waals surface area contributed by atoms with Crippen LogP contribution in [0.3, 0.4) is 0 Å². The number of hydrogen-bond acceptors (Lipinski definition) is 7. The number of carbonyl (C=O) groups is 3. The lowest BCUT2D eigenvalue weighted by molar-refractivity contribution is -0.192. The number of carbonyl (C=O) groups excluding carboxylic acids is 1. The van der Waals surface area contributed by atoms with Gasteiger partial charge in [-0.3, -0.25) is 4.79 Å². The van der Waals surface area contributed by atoms with Crippen molar-refractivity contribution in [3.63, 3.8) is 0 Å². The molecule has 3 atom stereocenters. The number of fused-ring (bicyclic) bond motifs is 1. The van der Waals surface area contributed by atoms with Crippen molar-refractivity contribution in [3.8, 4) is 5.75 Å². The van der Waals surface area contributed by atoms with Gasteiger partial charge in [-0.15, -0.1) is 0 Å². The van der Waals surface area contributed by atoms with Gasteiger partial charge < -0.3 is 24.3 Å². The van der Waals surface area contributed by atoms with Gasteiger partial charge >= 0.3 is 18.1 Å². The van der Waals surface area contributed by atoms with Crippen molar-refractivity contribution >= 4 is 39.3 Å². The Kier molecular flexibility index (Phi) is 9.96. The number of rotatable bonds is 10. The van der Waals surface area contributed by atoms with Gasteiger partial charge in [0.2, 0.25) is 10.0 Å². The molecule has 0 saturated heterocycles. The molecule has 1 heterocycles. The first-order valence-corrected chi connectivity index (χ1v) is 12.3. The first-order valence-electron chi connectivity index (χ1n) is 10.8. The lowest BCUT2D eigenvalue weighted by atomic mass is 10.2. The van der Waals surface area contributed by atoms with Crippen molar-refractivity contribution in [2.75, 3.05) is 0 Å². The minimum absolute atomic E-state index is 0.0961. The summed E-state index contributed by atoms with van der Waals surface area (Å²) < 4.78 is 67.4. The number of aliphatic carboxylic acids is 2. The Morgan fingerprint density at radius 2 is 1.68 bits per heavy atom. The quantitative estimate of drug-likeness (QED) is 0.317. The van der Waals surface area contributed by atoms with E-state index >= 15 is 0 Å². The van der Waals surface area contributed by atoms with E-state index in [4.69, 9.17) is 19.7 Å². The molecule has 3 N–H and O–H groups in total. The molecule has 0 fully saturated rings. The Hall–Kier alpha value is -3.98. The third-order valence-electron chi connectivity index (χ3n) is 5.16. The van der Waals surface area contributed by atoms with Crippen LogP contribution in [0.25, 0.3) is 11.0 Å². The van der Waals surface area contributed by atoms with Crippen LogP contribution in [0.5, 0.6) is 5.75 Å². The van der Waals surface area contributed by atoms with Crippen LogP contribution in [-0.2, 0) is 24.4 Å². The SMILES string of the molecule is CC(Oc1ccccc1S(=O)(=O)NC(C=O)CC(=O)O)C(C)n1cnc2ccccc21.O=C(O)C(F)(F)F. The van der Waals surface area contributed by atoms with E-state index in [-0.39, 0.29) is 23.0 Å². The second-order valence-electron chi connectivity index (χ2n) is 7.92. The van der Waals surface area contributed by atoms with E-state index in [0.717, 1.165) is 11.0 Å². The molecule has 0 aliphatic heterocycles. The Morgan fingerprint density at radius 3 is 2.26 bits per heavy atom. The van der Waals surface area contributed by atoms with Crippen molar-refractivity contribution in [2.24, 2.45) is 0 Å². The molecular formula is C23H24F3N3O8S. The number of carboxylic acids is 2. The predicted octanol–water partition coefficient (Wildman–Crippen LogP) is 3.02. The monoisotopic (exact) mass is 559 g/mol. The lowest BCUT2D eigenvalue weighted by Gasteiger charge is -2.24. The second-order valence-corrected chi connectivity index (χ2v) is 9.60. The highest BCUT2D eigenvalue weighted by Gasteiger charge is 2.38. The highest BCUT2D eigenvalue weighted by Crippen LogP contribution is 2.28. The average Bonchev–Trinajstić information content (AvgIpc) is 3.27. The molecule has 0 radical (unpaired) electrons. The summed E-state index contributed by atoms with van der Waals surface area (Å²) >= 11 is 0. The zero-order chi connectivity index (χ0) is 28.7. The van der Waals surface area contributed by atoms with Gasteiger partial charge in [0, 0.05) is 0 Å². The number of carboxylic acid groups (broad SMARTS) is 2. The van der Waals surface area contributed by atoms with E-state index < -0.39 is 46.7 Å². The fourth-order valence-corrected chi connectivity index (χ4v) is 4.47. The average molecular weight is 560 g/mol. The van der Waals surface area contributed by atoms with Crippen LogP contribution in [0.1, 0.15) is 26.3 Å². The largest absolute Gasteiger partial charge is 0.490 e. The van der Waals surface area contributed by atoms with Gasteiger partial charge in [0.05, 0.1) is 35.9 Å². The highest BCUT2D eigenvalue weighted by molar-refractivity contribution is 7.89. The number of alkyl halides is 3. The van der Waals surface area contributed by atoms with Crippen LogP contribution in [-0.4, -0.2) is 64.7 Å². The van der Waals surface area contributed by atoms with Crippen LogP contribution in [0.4, 0.5) is 13.2 Å².